The molecule has 1 fully saturated rings. The lowest BCUT2D eigenvalue weighted by Crippen LogP contribution is -2.39. The molecule has 1 aliphatic heterocycles. The largest absolute Gasteiger partial charge is 0.357 e. The minimum Gasteiger partial charge on any atom is -0.357 e. The van der Waals surface area contributed by atoms with Crippen molar-refractivity contribution in [2.24, 2.45) is 4.99 Å². The Morgan fingerprint density at radius 1 is 1.20 bits per heavy atom. The predicted molar refractivity (Wildman–Crippen MR) is 66.3 cm³/mol. The average molecular weight is 211 g/mol. The van der Waals surface area contributed by atoms with Gasteiger partial charge in [0.15, 0.2) is 5.96 Å². The first-order valence-electron chi connectivity index (χ1n) is 6.41. The highest BCUT2D eigenvalue weighted by Gasteiger charge is 2.14. The molecule has 0 radical (unpaired) electrons. The number of aliphatic imine (C=N–C) groups is 1. The lowest BCUT2D eigenvalue weighted by molar-refractivity contribution is 0.493. The van der Waals surface area contributed by atoms with Crippen LogP contribution in [0.2, 0.25) is 0 Å². The van der Waals surface area contributed by atoms with Gasteiger partial charge in [0.2, 0.25) is 0 Å². The van der Waals surface area contributed by atoms with Crippen LogP contribution < -0.4 is 5.32 Å². The first-order valence-corrected chi connectivity index (χ1v) is 6.41. The van der Waals surface area contributed by atoms with Gasteiger partial charge in [-0.3, -0.25) is 4.99 Å². The summed E-state index contributed by atoms with van der Waals surface area (Å²) in [5.74, 6) is 1.13. The van der Waals surface area contributed by atoms with Crippen molar-refractivity contribution in [2.75, 3.05) is 26.2 Å². The number of nitrogens with zero attached hydrogens (tertiary/aromatic N) is 2. The SMILES string of the molecule is CCCCCN=C(NCC)N1CCCC1. The van der Waals surface area contributed by atoms with E-state index in [1.54, 1.807) is 0 Å². The third kappa shape index (κ3) is 4.54. The fraction of sp³-hybridized carbons (Fsp3) is 0.917. The van der Waals surface area contributed by atoms with Crippen LogP contribution in [0.5, 0.6) is 0 Å². The van der Waals surface area contributed by atoms with E-state index in [0.29, 0.717) is 0 Å². The molecule has 1 saturated heterocycles. The summed E-state index contributed by atoms with van der Waals surface area (Å²) < 4.78 is 0. The standard InChI is InChI=1S/C12H25N3/c1-3-5-6-9-14-12(13-4-2)15-10-7-8-11-15/h3-11H2,1-2H3,(H,13,14). The smallest absolute Gasteiger partial charge is 0.193 e. The van der Waals surface area contributed by atoms with Gasteiger partial charge in [-0.2, -0.15) is 0 Å². The maximum absolute atomic E-state index is 4.66. The number of unbranched alkanes of at least 4 members (excludes halogenated alkanes) is 2. The summed E-state index contributed by atoms with van der Waals surface area (Å²) >= 11 is 0. The normalized spacial score (nSPS) is 17.2. The molecule has 0 aliphatic carbocycles. The predicted octanol–water partition coefficient (Wildman–Crippen LogP) is 2.24. The van der Waals surface area contributed by atoms with E-state index < -0.39 is 0 Å². The summed E-state index contributed by atoms with van der Waals surface area (Å²) in [6.45, 7) is 8.68. The summed E-state index contributed by atoms with van der Waals surface area (Å²) in [4.78, 5) is 7.05. The molecule has 0 aromatic rings. The summed E-state index contributed by atoms with van der Waals surface area (Å²) in [5.41, 5.74) is 0. The number of guanidine groups is 1. The molecule has 0 atom stereocenters. The van der Waals surface area contributed by atoms with Crippen molar-refractivity contribution < 1.29 is 0 Å². The summed E-state index contributed by atoms with van der Waals surface area (Å²) in [6.07, 6.45) is 6.43. The zero-order valence-electron chi connectivity index (χ0n) is 10.3. The lowest BCUT2D eigenvalue weighted by Gasteiger charge is -2.20. The molecular weight excluding hydrogens is 186 g/mol. The number of likely N-dealkylation sites (tertiary alicyclic amines) is 1. The van der Waals surface area contributed by atoms with E-state index >= 15 is 0 Å². The molecule has 1 N–H and O–H groups in total. The first kappa shape index (κ1) is 12.3. The average Bonchev–Trinajstić information content (AvgIpc) is 2.76. The second-order valence-electron chi connectivity index (χ2n) is 4.14. The van der Waals surface area contributed by atoms with Crippen molar-refractivity contribution in [2.45, 2.75) is 46.0 Å². The maximum Gasteiger partial charge on any atom is 0.193 e. The second-order valence-corrected chi connectivity index (χ2v) is 4.14. The molecule has 0 spiro atoms. The van der Waals surface area contributed by atoms with Gasteiger partial charge in [-0.05, 0) is 26.2 Å². The molecule has 0 bridgehead atoms. The Hall–Kier alpha value is -0.730. The fourth-order valence-corrected chi connectivity index (χ4v) is 1.90. The van der Waals surface area contributed by atoms with Crippen LogP contribution in [0, 0.1) is 0 Å². The molecule has 3 heteroatoms. The van der Waals surface area contributed by atoms with Crippen LogP contribution in [0.3, 0.4) is 0 Å². The van der Waals surface area contributed by atoms with Crippen molar-refractivity contribution in [1.82, 2.24) is 10.2 Å². The van der Waals surface area contributed by atoms with Gasteiger partial charge >= 0.3 is 0 Å². The second kappa shape index (κ2) is 7.55. The minimum absolute atomic E-state index is 0.975. The van der Waals surface area contributed by atoms with Gasteiger partial charge in [0.05, 0.1) is 0 Å². The molecule has 0 unspecified atom stereocenters. The number of hydrogen-bond donors (Lipinski definition) is 1. The summed E-state index contributed by atoms with van der Waals surface area (Å²) in [5, 5.41) is 3.38. The molecular formula is C12H25N3. The van der Waals surface area contributed by atoms with Gasteiger partial charge in [0.1, 0.15) is 0 Å². The quantitative estimate of drug-likeness (QED) is 0.429. The molecule has 88 valence electrons. The Bertz CT molecular complexity index is 183. The zero-order valence-corrected chi connectivity index (χ0v) is 10.3. The molecule has 0 aromatic heterocycles. The van der Waals surface area contributed by atoms with Gasteiger partial charge in [-0.15, -0.1) is 0 Å². The van der Waals surface area contributed by atoms with Crippen LogP contribution in [0.1, 0.15) is 46.0 Å². The molecule has 3 nitrogen and oxygen atoms in total. The fourth-order valence-electron chi connectivity index (χ4n) is 1.90. The number of nitrogens with one attached hydrogen (secondary N) is 1. The Morgan fingerprint density at radius 3 is 2.53 bits per heavy atom. The van der Waals surface area contributed by atoms with Gasteiger partial charge in [0.25, 0.3) is 0 Å². The number of hydrogen-bond acceptors (Lipinski definition) is 1. The first-order chi connectivity index (χ1) is 7.38. The van der Waals surface area contributed by atoms with E-state index in [9.17, 15) is 0 Å². The minimum atomic E-state index is 0.975. The Kier molecular flexibility index (Phi) is 6.21. The molecule has 15 heavy (non-hydrogen) atoms. The van der Waals surface area contributed by atoms with E-state index in [0.717, 1.165) is 19.0 Å². The Balaban J connectivity index is 2.33. The maximum atomic E-state index is 4.66. The van der Waals surface area contributed by atoms with E-state index in [4.69, 9.17) is 0 Å². The van der Waals surface area contributed by atoms with Gasteiger partial charge in [-0.25, -0.2) is 0 Å². The molecule has 1 heterocycles. The third-order valence-corrected chi connectivity index (χ3v) is 2.76. The number of rotatable bonds is 5. The van der Waals surface area contributed by atoms with Crippen LogP contribution in [0.4, 0.5) is 0 Å². The third-order valence-electron chi connectivity index (χ3n) is 2.76. The highest BCUT2D eigenvalue weighted by molar-refractivity contribution is 5.80. The van der Waals surface area contributed by atoms with Gasteiger partial charge in [-0.1, -0.05) is 19.8 Å². The van der Waals surface area contributed by atoms with Crippen molar-refractivity contribution in [3.05, 3.63) is 0 Å². The van der Waals surface area contributed by atoms with E-state index in [-0.39, 0.29) is 0 Å². The topological polar surface area (TPSA) is 27.6 Å². The summed E-state index contributed by atoms with van der Waals surface area (Å²) in [7, 11) is 0. The Labute approximate surface area is 94.0 Å². The molecule has 1 aliphatic rings. The van der Waals surface area contributed by atoms with Gasteiger partial charge in [0, 0.05) is 26.2 Å². The molecule has 1 rings (SSSR count). The van der Waals surface area contributed by atoms with Crippen molar-refractivity contribution in [3.63, 3.8) is 0 Å². The highest BCUT2D eigenvalue weighted by atomic mass is 15.3. The van der Waals surface area contributed by atoms with Crippen LogP contribution >= 0.6 is 0 Å². The zero-order chi connectivity index (χ0) is 10.9. The monoisotopic (exact) mass is 211 g/mol. The van der Waals surface area contributed by atoms with Crippen molar-refractivity contribution >= 4 is 5.96 Å². The van der Waals surface area contributed by atoms with E-state index in [1.807, 2.05) is 0 Å². The van der Waals surface area contributed by atoms with Crippen molar-refractivity contribution in [1.29, 1.82) is 0 Å². The Morgan fingerprint density at radius 2 is 1.93 bits per heavy atom. The van der Waals surface area contributed by atoms with E-state index in [2.05, 4.69) is 29.1 Å². The van der Waals surface area contributed by atoms with Crippen LogP contribution in [-0.4, -0.2) is 37.0 Å². The highest BCUT2D eigenvalue weighted by Crippen LogP contribution is 2.07. The molecule has 0 aromatic carbocycles. The molecule has 0 amide bonds. The van der Waals surface area contributed by atoms with E-state index in [1.165, 1.54) is 45.2 Å². The molecule has 0 saturated carbocycles. The lowest BCUT2D eigenvalue weighted by atomic mass is 10.2. The summed E-state index contributed by atoms with van der Waals surface area (Å²) in [6, 6.07) is 0. The van der Waals surface area contributed by atoms with Crippen LogP contribution in [0.15, 0.2) is 4.99 Å². The van der Waals surface area contributed by atoms with Crippen LogP contribution in [-0.2, 0) is 0 Å². The van der Waals surface area contributed by atoms with Crippen molar-refractivity contribution in [3.8, 4) is 0 Å². The van der Waals surface area contributed by atoms with Gasteiger partial charge < -0.3 is 10.2 Å². The van der Waals surface area contributed by atoms with Crippen LogP contribution in [0.25, 0.3) is 0 Å².